The standard InChI is InChI=1S/C17H24O/c1-12-10-13(2)15(14(3)11-12)16-4-7-17(18,8-5-16)9-6-16/h10-11,18H,4-9H2,1-3H3. The van der Waals surface area contributed by atoms with Crippen molar-refractivity contribution in [1.29, 1.82) is 0 Å². The van der Waals surface area contributed by atoms with E-state index in [0.717, 1.165) is 19.3 Å². The number of rotatable bonds is 1. The van der Waals surface area contributed by atoms with Crippen LogP contribution in [0, 0.1) is 20.8 Å². The highest BCUT2D eigenvalue weighted by molar-refractivity contribution is 5.44. The zero-order valence-corrected chi connectivity index (χ0v) is 11.8. The van der Waals surface area contributed by atoms with Crippen molar-refractivity contribution < 1.29 is 5.11 Å². The minimum atomic E-state index is -0.325. The van der Waals surface area contributed by atoms with Crippen molar-refractivity contribution in [2.75, 3.05) is 0 Å². The van der Waals surface area contributed by atoms with Crippen LogP contribution in [-0.2, 0) is 5.41 Å². The predicted molar refractivity (Wildman–Crippen MR) is 75.0 cm³/mol. The van der Waals surface area contributed by atoms with Crippen molar-refractivity contribution in [3.63, 3.8) is 0 Å². The molecule has 1 N–H and O–H groups in total. The SMILES string of the molecule is Cc1cc(C)c(C23CCC(O)(CC2)CC3)c(C)c1. The summed E-state index contributed by atoms with van der Waals surface area (Å²) in [6.45, 7) is 6.71. The number of hydrogen-bond acceptors (Lipinski definition) is 1. The Bertz CT molecular complexity index is 439. The van der Waals surface area contributed by atoms with Gasteiger partial charge in [0, 0.05) is 0 Å². The molecule has 3 fully saturated rings. The molecule has 1 aromatic carbocycles. The third-order valence-corrected chi connectivity index (χ3v) is 5.41. The fourth-order valence-electron chi connectivity index (χ4n) is 4.56. The van der Waals surface area contributed by atoms with Crippen LogP contribution in [0.25, 0.3) is 0 Å². The molecule has 1 nitrogen and oxygen atoms in total. The molecule has 0 unspecified atom stereocenters. The summed E-state index contributed by atoms with van der Waals surface area (Å²) in [7, 11) is 0. The van der Waals surface area contributed by atoms with Crippen LogP contribution in [0.3, 0.4) is 0 Å². The number of hydrogen-bond donors (Lipinski definition) is 1. The summed E-state index contributed by atoms with van der Waals surface area (Å²) in [6.07, 6.45) is 6.52. The second kappa shape index (κ2) is 3.84. The van der Waals surface area contributed by atoms with Gasteiger partial charge in [-0.05, 0) is 81.4 Å². The van der Waals surface area contributed by atoms with E-state index in [4.69, 9.17) is 0 Å². The summed E-state index contributed by atoms with van der Waals surface area (Å²) in [5, 5.41) is 10.4. The Labute approximate surface area is 110 Å². The average molecular weight is 244 g/mol. The van der Waals surface area contributed by atoms with E-state index in [-0.39, 0.29) is 5.60 Å². The van der Waals surface area contributed by atoms with Crippen molar-refractivity contribution in [2.45, 2.75) is 70.3 Å². The van der Waals surface area contributed by atoms with Gasteiger partial charge in [0.2, 0.25) is 0 Å². The van der Waals surface area contributed by atoms with E-state index in [1.165, 1.54) is 36.0 Å². The van der Waals surface area contributed by atoms with Gasteiger partial charge < -0.3 is 5.11 Å². The highest BCUT2D eigenvalue weighted by Gasteiger charge is 2.49. The molecule has 0 aliphatic heterocycles. The molecular formula is C17H24O. The summed E-state index contributed by atoms with van der Waals surface area (Å²) < 4.78 is 0. The number of benzene rings is 1. The molecule has 1 heteroatoms. The van der Waals surface area contributed by atoms with E-state index in [9.17, 15) is 5.11 Å². The summed E-state index contributed by atoms with van der Waals surface area (Å²) in [6, 6.07) is 4.65. The Morgan fingerprint density at radius 1 is 0.833 bits per heavy atom. The van der Waals surface area contributed by atoms with Crippen LogP contribution in [0.15, 0.2) is 12.1 Å². The van der Waals surface area contributed by atoms with Crippen LogP contribution in [0.1, 0.15) is 60.8 Å². The fourth-order valence-corrected chi connectivity index (χ4v) is 4.56. The Balaban J connectivity index is 2.06. The summed E-state index contributed by atoms with van der Waals surface area (Å²) >= 11 is 0. The van der Waals surface area contributed by atoms with Gasteiger partial charge in [-0.2, -0.15) is 0 Å². The first-order chi connectivity index (χ1) is 8.44. The smallest absolute Gasteiger partial charge is 0.0648 e. The van der Waals surface area contributed by atoms with E-state index in [0.29, 0.717) is 5.41 Å². The van der Waals surface area contributed by atoms with E-state index in [1.807, 2.05) is 0 Å². The van der Waals surface area contributed by atoms with Crippen molar-refractivity contribution in [3.05, 3.63) is 34.4 Å². The van der Waals surface area contributed by atoms with Gasteiger partial charge >= 0.3 is 0 Å². The Morgan fingerprint density at radius 2 is 1.28 bits per heavy atom. The van der Waals surface area contributed by atoms with E-state index < -0.39 is 0 Å². The molecule has 18 heavy (non-hydrogen) atoms. The second-order valence-corrected chi connectivity index (χ2v) is 6.78. The lowest BCUT2D eigenvalue weighted by molar-refractivity contribution is -0.0663. The molecule has 0 aromatic heterocycles. The van der Waals surface area contributed by atoms with Crippen LogP contribution < -0.4 is 0 Å². The minimum Gasteiger partial charge on any atom is -0.390 e. The van der Waals surface area contributed by atoms with E-state index in [1.54, 1.807) is 5.56 Å². The predicted octanol–water partition coefficient (Wildman–Crippen LogP) is 3.95. The van der Waals surface area contributed by atoms with Crippen LogP contribution in [0.2, 0.25) is 0 Å². The van der Waals surface area contributed by atoms with Crippen LogP contribution >= 0.6 is 0 Å². The van der Waals surface area contributed by atoms with Gasteiger partial charge in [-0.3, -0.25) is 0 Å². The van der Waals surface area contributed by atoms with Gasteiger partial charge in [-0.25, -0.2) is 0 Å². The van der Waals surface area contributed by atoms with Gasteiger partial charge in [0.25, 0.3) is 0 Å². The van der Waals surface area contributed by atoms with Crippen LogP contribution in [0.5, 0.6) is 0 Å². The average Bonchev–Trinajstić information content (AvgIpc) is 2.29. The quantitative estimate of drug-likeness (QED) is 0.793. The molecule has 0 spiro atoms. The molecule has 2 bridgehead atoms. The molecule has 4 rings (SSSR count). The molecule has 0 saturated heterocycles. The lowest BCUT2D eigenvalue weighted by Crippen LogP contribution is -2.48. The first-order valence-electron chi connectivity index (χ1n) is 7.25. The maximum Gasteiger partial charge on any atom is 0.0648 e. The van der Waals surface area contributed by atoms with Crippen LogP contribution in [-0.4, -0.2) is 10.7 Å². The fraction of sp³-hybridized carbons (Fsp3) is 0.647. The molecule has 0 atom stereocenters. The van der Waals surface area contributed by atoms with Gasteiger partial charge in [-0.1, -0.05) is 17.7 Å². The highest BCUT2D eigenvalue weighted by atomic mass is 16.3. The lowest BCUT2D eigenvalue weighted by atomic mass is 9.55. The molecule has 1 aromatic rings. The summed E-state index contributed by atoms with van der Waals surface area (Å²) in [5.41, 5.74) is 5.92. The Hall–Kier alpha value is -0.820. The van der Waals surface area contributed by atoms with Gasteiger partial charge in [0.05, 0.1) is 5.60 Å². The van der Waals surface area contributed by atoms with Crippen molar-refractivity contribution in [1.82, 2.24) is 0 Å². The second-order valence-electron chi connectivity index (χ2n) is 6.78. The molecule has 0 radical (unpaired) electrons. The minimum absolute atomic E-state index is 0.325. The molecule has 0 heterocycles. The molecule has 98 valence electrons. The zero-order chi connectivity index (χ0) is 13.0. The van der Waals surface area contributed by atoms with Crippen molar-refractivity contribution in [2.24, 2.45) is 0 Å². The summed E-state index contributed by atoms with van der Waals surface area (Å²) in [5.74, 6) is 0. The lowest BCUT2D eigenvalue weighted by Gasteiger charge is -2.52. The first kappa shape index (κ1) is 12.2. The normalized spacial score (nSPS) is 34.9. The van der Waals surface area contributed by atoms with Crippen molar-refractivity contribution >= 4 is 0 Å². The largest absolute Gasteiger partial charge is 0.390 e. The number of aryl methyl sites for hydroxylation is 3. The Kier molecular flexibility index (Phi) is 2.60. The maximum atomic E-state index is 10.4. The molecule has 3 aliphatic rings. The van der Waals surface area contributed by atoms with Crippen molar-refractivity contribution in [3.8, 4) is 0 Å². The zero-order valence-electron chi connectivity index (χ0n) is 11.8. The number of fused-ring (bicyclic) bond motifs is 3. The highest BCUT2D eigenvalue weighted by Crippen LogP contribution is 2.54. The molecule has 3 saturated carbocycles. The van der Waals surface area contributed by atoms with Gasteiger partial charge in [0.15, 0.2) is 0 Å². The third-order valence-electron chi connectivity index (χ3n) is 5.41. The van der Waals surface area contributed by atoms with Crippen LogP contribution in [0.4, 0.5) is 0 Å². The monoisotopic (exact) mass is 244 g/mol. The summed E-state index contributed by atoms with van der Waals surface area (Å²) in [4.78, 5) is 0. The topological polar surface area (TPSA) is 20.2 Å². The third kappa shape index (κ3) is 1.72. The van der Waals surface area contributed by atoms with E-state index in [2.05, 4.69) is 32.9 Å². The maximum absolute atomic E-state index is 10.4. The first-order valence-corrected chi connectivity index (χ1v) is 7.25. The number of aliphatic hydroxyl groups is 1. The van der Waals surface area contributed by atoms with E-state index >= 15 is 0 Å². The Morgan fingerprint density at radius 3 is 1.72 bits per heavy atom. The molecule has 3 aliphatic carbocycles. The molecule has 0 amide bonds. The van der Waals surface area contributed by atoms with Gasteiger partial charge in [-0.15, -0.1) is 0 Å². The molecular weight excluding hydrogens is 220 g/mol. The van der Waals surface area contributed by atoms with Gasteiger partial charge in [0.1, 0.15) is 0 Å².